The number of carboxylic acids is 1. The molecule has 0 amide bonds. The van der Waals surface area contributed by atoms with Crippen molar-refractivity contribution in [2.75, 3.05) is 6.61 Å². The highest BCUT2D eigenvalue weighted by Gasteiger charge is 2.36. The molecule has 0 aromatic rings. The van der Waals surface area contributed by atoms with E-state index in [1.54, 1.807) is 13.0 Å². The van der Waals surface area contributed by atoms with Crippen molar-refractivity contribution in [3.05, 3.63) is 11.6 Å². The maximum atomic E-state index is 10.5. The van der Waals surface area contributed by atoms with E-state index < -0.39 is 14.3 Å². The third kappa shape index (κ3) is 4.94. The zero-order valence-electron chi connectivity index (χ0n) is 11.3. The van der Waals surface area contributed by atoms with Crippen molar-refractivity contribution in [3.8, 4) is 0 Å². The van der Waals surface area contributed by atoms with Gasteiger partial charge in [-0.2, -0.15) is 0 Å². The van der Waals surface area contributed by atoms with Crippen molar-refractivity contribution in [2.24, 2.45) is 0 Å². The minimum absolute atomic E-state index is 0.207. The first-order valence-corrected chi connectivity index (χ1v) is 8.53. The van der Waals surface area contributed by atoms with Gasteiger partial charge in [0.25, 0.3) is 0 Å². The molecule has 0 heterocycles. The molecule has 0 unspecified atom stereocenters. The third-order valence-electron chi connectivity index (χ3n) is 3.17. The lowest BCUT2D eigenvalue weighted by molar-refractivity contribution is -0.132. The summed E-state index contributed by atoms with van der Waals surface area (Å²) >= 11 is 0. The average Bonchev–Trinajstić information content (AvgIpc) is 2.09. The Kier molecular flexibility index (Phi) is 5.42. The Balaban J connectivity index is 4.10. The van der Waals surface area contributed by atoms with E-state index >= 15 is 0 Å². The standard InChI is InChI=1S/C12H24O3Si/c1-10(11(13)14)8-7-9-15-16(5,6)12(2,3)4/h8H,7,9H2,1-6H3,(H,13,14)/b10-8+. The number of carboxylic acid groups (broad SMARTS) is 1. The molecular formula is C12H24O3Si. The Morgan fingerprint density at radius 1 is 1.38 bits per heavy atom. The number of hydrogen-bond acceptors (Lipinski definition) is 2. The predicted molar refractivity (Wildman–Crippen MR) is 69.2 cm³/mol. The van der Waals surface area contributed by atoms with Gasteiger partial charge in [-0.15, -0.1) is 0 Å². The summed E-state index contributed by atoms with van der Waals surface area (Å²) in [5.74, 6) is -0.854. The smallest absolute Gasteiger partial charge is 0.330 e. The second kappa shape index (κ2) is 5.64. The molecule has 4 heteroatoms. The van der Waals surface area contributed by atoms with E-state index in [9.17, 15) is 4.79 Å². The molecule has 16 heavy (non-hydrogen) atoms. The number of rotatable bonds is 5. The van der Waals surface area contributed by atoms with E-state index in [4.69, 9.17) is 9.53 Å². The van der Waals surface area contributed by atoms with Crippen molar-refractivity contribution in [1.82, 2.24) is 0 Å². The van der Waals surface area contributed by atoms with Crippen LogP contribution in [0, 0.1) is 0 Å². The lowest BCUT2D eigenvalue weighted by Crippen LogP contribution is -2.40. The summed E-state index contributed by atoms with van der Waals surface area (Å²) in [6.07, 6.45) is 2.39. The van der Waals surface area contributed by atoms with Crippen LogP contribution in [-0.4, -0.2) is 26.0 Å². The molecule has 0 aliphatic rings. The number of aliphatic carboxylic acids is 1. The Labute approximate surface area is 99.6 Å². The van der Waals surface area contributed by atoms with E-state index in [1.807, 2.05) is 0 Å². The van der Waals surface area contributed by atoms with Gasteiger partial charge in [-0.1, -0.05) is 26.8 Å². The fraction of sp³-hybridized carbons (Fsp3) is 0.750. The van der Waals surface area contributed by atoms with Crippen molar-refractivity contribution in [1.29, 1.82) is 0 Å². The Morgan fingerprint density at radius 2 is 1.88 bits per heavy atom. The van der Waals surface area contributed by atoms with Crippen LogP contribution in [0.3, 0.4) is 0 Å². The predicted octanol–water partition coefficient (Wildman–Crippen LogP) is 3.43. The van der Waals surface area contributed by atoms with E-state index in [0.717, 1.165) is 0 Å². The van der Waals surface area contributed by atoms with Crippen LogP contribution in [-0.2, 0) is 9.22 Å². The van der Waals surface area contributed by atoms with Crippen molar-refractivity contribution >= 4 is 14.3 Å². The molecule has 0 rings (SSSR count). The highest BCUT2D eigenvalue weighted by Crippen LogP contribution is 2.36. The Hall–Kier alpha value is -0.613. The van der Waals surface area contributed by atoms with Gasteiger partial charge in [0.1, 0.15) is 0 Å². The van der Waals surface area contributed by atoms with Crippen LogP contribution >= 0.6 is 0 Å². The summed E-state index contributed by atoms with van der Waals surface area (Å²) < 4.78 is 5.93. The molecule has 0 aliphatic carbocycles. The Morgan fingerprint density at radius 3 is 2.25 bits per heavy atom. The van der Waals surface area contributed by atoms with Crippen LogP contribution in [0.15, 0.2) is 11.6 Å². The van der Waals surface area contributed by atoms with Crippen LogP contribution in [0.5, 0.6) is 0 Å². The topological polar surface area (TPSA) is 46.5 Å². The van der Waals surface area contributed by atoms with Crippen molar-refractivity contribution in [3.63, 3.8) is 0 Å². The monoisotopic (exact) mass is 244 g/mol. The van der Waals surface area contributed by atoms with Crippen LogP contribution < -0.4 is 0 Å². The van der Waals surface area contributed by atoms with E-state index in [-0.39, 0.29) is 5.04 Å². The lowest BCUT2D eigenvalue weighted by atomic mass is 10.2. The summed E-state index contributed by atoms with van der Waals surface area (Å²) in [5, 5.41) is 8.88. The van der Waals surface area contributed by atoms with E-state index in [2.05, 4.69) is 33.9 Å². The number of carbonyl (C=O) groups is 1. The van der Waals surface area contributed by atoms with Gasteiger partial charge in [-0.3, -0.25) is 0 Å². The van der Waals surface area contributed by atoms with Crippen LogP contribution in [0.2, 0.25) is 18.1 Å². The van der Waals surface area contributed by atoms with E-state index in [1.165, 1.54) is 0 Å². The molecule has 0 aromatic heterocycles. The molecule has 0 bridgehead atoms. The normalized spacial score (nSPS) is 14.0. The maximum absolute atomic E-state index is 10.5. The highest BCUT2D eigenvalue weighted by molar-refractivity contribution is 6.74. The molecule has 3 nitrogen and oxygen atoms in total. The van der Waals surface area contributed by atoms with Crippen LogP contribution in [0.4, 0.5) is 0 Å². The SMILES string of the molecule is C/C(=C\CCO[Si](C)(C)C(C)(C)C)C(=O)O. The molecule has 0 spiro atoms. The molecule has 0 radical (unpaired) electrons. The minimum atomic E-state index is -1.68. The van der Waals surface area contributed by atoms with Gasteiger partial charge < -0.3 is 9.53 Å². The molecule has 0 saturated heterocycles. The first-order chi connectivity index (χ1) is 7.08. The molecule has 0 atom stereocenters. The van der Waals surface area contributed by atoms with Crippen molar-refractivity contribution in [2.45, 2.75) is 52.2 Å². The zero-order valence-corrected chi connectivity index (χ0v) is 12.3. The summed E-state index contributed by atoms with van der Waals surface area (Å²) in [6.45, 7) is 13.2. The first kappa shape index (κ1) is 15.4. The van der Waals surface area contributed by atoms with Crippen LogP contribution in [0.1, 0.15) is 34.1 Å². The van der Waals surface area contributed by atoms with Gasteiger partial charge in [0.05, 0.1) is 0 Å². The second-order valence-electron chi connectivity index (χ2n) is 5.59. The fourth-order valence-corrected chi connectivity index (χ4v) is 1.95. The second-order valence-corrected chi connectivity index (χ2v) is 10.4. The number of hydrogen-bond donors (Lipinski definition) is 1. The average molecular weight is 244 g/mol. The summed E-state index contributed by atoms with van der Waals surface area (Å²) in [6, 6.07) is 0. The maximum Gasteiger partial charge on any atom is 0.330 e. The van der Waals surface area contributed by atoms with Gasteiger partial charge in [0, 0.05) is 12.2 Å². The molecular weight excluding hydrogens is 220 g/mol. The van der Waals surface area contributed by atoms with Gasteiger partial charge in [0.15, 0.2) is 8.32 Å². The quantitative estimate of drug-likeness (QED) is 0.458. The lowest BCUT2D eigenvalue weighted by Gasteiger charge is -2.36. The van der Waals surface area contributed by atoms with Crippen molar-refractivity contribution < 1.29 is 14.3 Å². The molecule has 0 saturated carbocycles. The fourth-order valence-electron chi connectivity index (χ4n) is 0.893. The molecule has 1 N–H and O–H groups in total. The molecule has 0 aliphatic heterocycles. The van der Waals surface area contributed by atoms with E-state index in [0.29, 0.717) is 18.6 Å². The van der Waals surface area contributed by atoms with Crippen LogP contribution in [0.25, 0.3) is 0 Å². The third-order valence-corrected chi connectivity index (χ3v) is 7.71. The molecule has 0 fully saturated rings. The van der Waals surface area contributed by atoms with Gasteiger partial charge in [-0.05, 0) is 31.5 Å². The Bertz CT molecular complexity index is 274. The zero-order chi connectivity index (χ0) is 13.0. The molecule has 94 valence electrons. The summed E-state index contributed by atoms with van der Waals surface area (Å²) in [5.41, 5.74) is 0.388. The van der Waals surface area contributed by atoms with Gasteiger partial charge in [0.2, 0.25) is 0 Å². The summed E-state index contributed by atoms with van der Waals surface area (Å²) in [4.78, 5) is 10.5. The van der Waals surface area contributed by atoms with Gasteiger partial charge in [-0.25, -0.2) is 4.79 Å². The summed E-state index contributed by atoms with van der Waals surface area (Å²) in [7, 11) is -1.68. The highest BCUT2D eigenvalue weighted by atomic mass is 28.4. The van der Waals surface area contributed by atoms with Gasteiger partial charge >= 0.3 is 5.97 Å². The largest absolute Gasteiger partial charge is 0.478 e. The molecule has 0 aromatic carbocycles. The first-order valence-electron chi connectivity index (χ1n) is 5.62. The minimum Gasteiger partial charge on any atom is -0.478 e.